The summed E-state index contributed by atoms with van der Waals surface area (Å²) in [5.41, 5.74) is 0.662. The van der Waals surface area contributed by atoms with Crippen molar-refractivity contribution >= 4 is 34.3 Å². The summed E-state index contributed by atoms with van der Waals surface area (Å²) in [6.45, 7) is -0.787. The number of benzene rings is 2. The fourth-order valence-corrected chi connectivity index (χ4v) is 2.41. The van der Waals surface area contributed by atoms with E-state index >= 15 is 0 Å². The maximum Gasteiger partial charge on any atom is 0.326 e. The molecule has 1 amide bonds. The van der Waals surface area contributed by atoms with Crippen LogP contribution >= 0.6 is 0 Å². The molecule has 0 aliphatic heterocycles. The van der Waals surface area contributed by atoms with E-state index in [0.717, 1.165) is 17.6 Å². The third-order valence-electron chi connectivity index (χ3n) is 3.62. The van der Waals surface area contributed by atoms with Crippen LogP contribution in [0.2, 0.25) is 0 Å². The van der Waals surface area contributed by atoms with E-state index < -0.39 is 34.9 Å². The number of nitro benzene ring substituents is 1. The molecule has 0 fully saturated rings. The number of anilines is 1. The summed E-state index contributed by atoms with van der Waals surface area (Å²) in [5, 5.41) is 13.1. The van der Waals surface area contributed by atoms with E-state index in [4.69, 9.17) is 4.74 Å². The van der Waals surface area contributed by atoms with Crippen LogP contribution in [0, 0.1) is 15.9 Å². The number of carbonyl (C=O) groups is 2. The van der Waals surface area contributed by atoms with Crippen molar-refractivity contribution in [3.63, 3.8) is 0 Å². The number of nitrogens with zero attached hydrogens (tertiary/aromatic N) is 3. The number of halogens is 1. The van der Waals surface area contributed by atoms with Crippen LogP contribution in [0.5, 0.6) is 0 Å². The van der Waals surface area contributed by atoms with Crippen LogP contribution in [0.1, 0.15) is 0 Å². The van der Waals surface area contributed by atoms with Gasteiger partial charge in [0.25, 0.3) is 11.6 Å². The molecule has 1 aromatic heterocycles. The molecular formula is C17H13FN4O5. The lowest BCUT2D eigenvalue weighted by atomic mass is 10.2. The Morgan fingerprint density at radius 1 is 1.26 bits per heavy atom. The average Bonchev–Trinajstić information content (AvgIpc) is 3.04. The zero-order valence-corrected chi connectivity index (χ0v) is 13.8. The predicted octanol–water partition coefficient (Wildman–Crippen LogP) is 2.27. The van der Waals surface area contributed by atoms with Gasteiger partial charge in [-0.25, -0.2) is 9.37 Å². The van der Waals surface area contributed by atoms with Crippen molar-refractivity contribution in [3.8, 4) is 0 Å². The molecule has 3 aromatic rings. The number of nitrogens with one attached hydrogen (secondary N) is 1. The number of imidazole rings is 1. The number of hydrogen-bond acceptors (Lipinski definition) is 6. The molecule has 0 aliphatic carbocycles. The van der Waals surface area contributed by atoms with Crippen molar-refractivity contribution < 1.29 is 23.6 Å². The van der Waals surface area contributed by atoms with Gasteiger partial charge in [0, 0.05) is 0 Å². The molecule has 0 atom stereocenters. The predicted molar refractivity (Wildman–Crippen MR) is 92.4 cm³/mol. The number of ether oxygens (including phenoxy) is 1. The highest BCUT2D eigenvalue weighted by Crippen LogP contribution is 2.24. The van der Waals surface area contributed by atoms with Gasteiger partial charge in [-0.1, -0.05) is 12.1 Å². The summed E-state index contributed by atoms with van der Waals surface area (Å²) in [7, 11) is 0. The van der Waals surface area contributed by atoms with Gasteiger partial charge in [0.15, 0.2) is 6.61 Å². The van der Waals surface area contributed by atoms with Gasteiger partial charge in [-0.3, -0.25) is 19.7 Å². The molecule has 10 heteroatoms. The standard InChI is InChI=1S/C17H13FN4O5/c18-11-5-6-13(15(7-11)22(25)26)20-16(23)9-27-17(24)8-21-10-19-12-3-1-2-4-14(12)21/h1-7,10H,8-9H2,(H,20,23). The minimum Gasteiger partial charge on any atom is -0.454 e. The number of nitro groups is 1. The van der Waals surface area contributed by atoms with Crippen molar-refractivity contribution in [2.45, 2.75) is 6.54 Å². The quantitative estimate of drug-likeness (QED) is 0.403. The van der Waals surface area contributed by atoms with Gasteiger partial charge in [-0.15, -0.1) is 0 Å². The molecule has 0 saturated carbocycles. The van der Waals surface area contributed by atoms with Crippen LogP contribution < -0.4 is 5.32 Å². The number of rotatable bonds is 6. The molecule has 0 bridgehead atoms. The topological polar surface area (TPSA) is 116 Å². The van der Waals surface area contributed by atoms with Gasteiger partial charge in [0.2, 0.25) is 0 Å². The number of amides is 1. The van der Waals surface area contributed by atoms with Crippen LogP contribution in [0.25, 0.3) is 11.0 Å². The fourth-order valence-electron chi connectivity index (χ4n) is 2.41. The molecule has 2 aromatic carbocycles. The highest BCUT2D eigenvalue weighted by molar-refractivity contribution is 5.94. The Labute approximate surface area is 151 Å². The van der Waals surface area contributed by atoms with Crippen LogP contribution in [-0.2, 0) is 20.9 Å². The summed E-state index contributed by atoms with van der Waals surface area (Å²) >= 11 is 0. The zero-order valence-electron chi connectivity index (χ0n) is 13.8. The van der Waals surface area contributed by atoms with Crippen LogP contribution in [0.4, 0.5) is 15.8 Å². The highest BCUT2D eigenvalue weighted by atomic mass is 19.1. The van der Waals surface area contributed by atoms with E-state index in [0.29, 0.717) is 11.6 Å². The number of hydrogen-bond donors (Lipinski definition) is 1. The first-order valence-electron chi connectivity index (χ1n) is 7.73. The first-order valence-corrected chi connectivity index (χ1v) is 7.73. The summed E-state index contributed by atoms with van der Waals surface area (Å²) in [6, 6.07) is 9.91. The number of para-hydroxylation sites is 2. The van der Waals surface area contributed by atoms with Crippen LogP contribution in [0.15, 0.2) is 48.8 Å². The molecule has 0 radical (unpaired) electrons. The molecular weight excluding hydrogens is 359 g/mol. The summed E-state index contributed by atoms with van der Waals surface area (Å²) in [5.74, 6) is -2.27. The second-order valence-corrected chi connectivity index (χ2v) is 5.49. The zero-order chi connectivity index (χ0) is 19.4. The Balaban J connectivity index is 1.58. The van der Waals surface area contributed by atoms with Gasteiger partial charge in [0.05, 0.1) is 28.4 Å². The van der Waals surface area contributed by atoms with Gasteiger partial charge in [-0.2, -0.15) is 0 Å². The second kappa shape index (κ2) is 7.60. The fraction of sp³-hybridized carbons (Fsp3) is 0.118. The van der Waals surface area contributed by atoms with E-state index in [-0.39, 0.29) is 12.2 Å². The Morgan fingerprint density at radius 3 is 2.81 bits per heavy atom. The maximum atomic E-state index is 13.1. The lowest BCUT2D eigenvalue weighted by Gasteiger charge is -2.08. The van der Waals surface area contributed by atoms with Gasteiger partial charge in [0.1, 0.15) is 18.0 Å². The Bertz CT molecular complexity index is 1030. The van der Waals surface area contributed by atoms with Crippen molar-refractivity contribution in [2.75, 3.05) is 11.9 Å². The number of fused-ring (bicyclic) bond motifs is 1. The lowest BCUT2D eigenvalue weighted by molar-refractivity contribution is -0.384. The largest absolute Gasteiger partial charge is 0.454 e. The molecule has 0 unspecified atom stereocenters. The number of esters is 1. The second-order valence-electron chi connectivity index (χ2n) is 5.49. The van der Waals surface area contributed by atoms with E-state index in [1.54, 1.807) is 22.8 Å². The van der Waals surface area contributed by atoms with E-state index in [9.17, 15) is 24.1 Å². The van der Waals surface area contributed by atoms with Crippen molar-refractivity contribution in [1.82, 2.24) is 9.55 Å². The van der Waals surface area contributed by atoms with E-state index in [1.807, 2.05) is 6.07 Å². The molecule has 27 heavy (non-hydrogen) atoms. The lowest BCUT2D eigenvalue weighted by Crippen LogP contribution is -2.23. The van der Waals surface area contributed by atoms with Crippen molar-refractivity contribution in [1.29, 1.82) is 0 Å². The molecule has 138 valence electrons. The molecule has 9 nitrogen and oxygen atoms in total. The average molecular weight is 372 g/mol. The molecule has 0 saturated heterocycles. The molecule has 0 aliphatic rings. The third kappa shape index (κ3) is 4.24. The summed E-state index contributed by atoms with van der Waals surface area (Å²) < 4.78 is 19.5. The Hall–Kier alpha value is -3.82. The normalized spacial score (nSPS) is 10.6. The molecule has 0 spiro atoms. The SMILES string of the molecule is O=C(COC(=O)Cn1cnc2ccccc21)Nc1ccc(F)cc1[N+](=O)[O-]. The van der Waals surface area contributed by atoms with Crippen LogP contribution in [0.3, 0.4) is 0 Å². The first-order chi connectivity index (χ1) is 12.9. The maximum absolute atomic E-state index is 13.1. The molecule has 1 heterocycles. The minimum atomic E-state index is -0.825. The summed E-state index contributed by atoms with van der Waals surface area (Å²) in [4.78, 5) is 38.0. The minimum absolute atomic E-state index is 0.148. The summed E-state index contributed by atoms with van der Waals surface area (Å²) in [6.07, 6.45) is 1.48. The monoisotopic (exact) mass is 372 g/mol. The third-order valence-corrected chi connectivity index (χ3v) is 3.62. The van der Waals surface area contributed by atoms with Crippen LogP contribution in [-0.4, -0.2) is 33.0 Å². The van der Waals surface area contributed by atoms with E-state index in [1.165, 1.54) is 6.33 Å². The highest BCUT2D eigenvalue weighted by Gasteiger charge is 2.18. The Kier molecular flexibility index (Phi) is 5.06. The van der Waals surface area contributed by atoms with Crippen molar-refractivity contribution in [3.05, 3.63) is 64.7 Å². The number of carbonyl (C=O) groups excluding carboxylic acids is 2. The Morgan fingerprint density at radius 2 is 2.04 bits per heavy atom. The van der Waals surface area contributed by atoms with Gasteiger partial charge in [-0.05, 0) is 24.3 Å². The van der Waals surface area contributed by atoms with E-state index in [2.05, 4.69) is 10.3 Å². The molecule has 3 rings (SSSR count). The van der Waals surface area contributed by atoms with Gasteiger partial charge >= 0.3 is 5.97 Å². The first kappa shape index (κ1) is 18.0. The smallest absolute Gasteiger partial charge is 0.326 e. The number of aromatic nitrogens is 2. The molecule has 1 N–H and O–H groups in total. The van der Waals surface area contributed by atoms with Crippen molar-refractivity contribution in [2.24, 2.45) is 0 Å². The van der Waals surface area contributed by atoms with Gasteiger partial charge < -0.3 is 14.6 Å².